The van der Waals surface area contributed by atoms with Crippen LogP contribution in [-0.4, -0.2) is 40.0 Å². The van der Waals surface area contributed by atoms with Gasteiger partial charge in [0.1, 0.15) is 11.7 Å². The third-order valence-electron chi connectivity index (χ3n) is 2.99. The van der Waals surface area contributed by atoms with E-state index < -0.39 is 17.9 Å². The summed E-state index contributed by atoms with van der Waals surface area (Å²) in [4.78, 5) is 29.3. The first-order chi connectivity index (χ1) is 9.41. The van der Waals surface area contributed by atoms with Crippen molar-refractivity contribution in [1.82, 2.24) is 9.88 Å². The van der Waals surface area contributed by atoms with Gasteiger partial charge in [-0.1, -0.05) is 0 Å². The van der Waals surface area contributed by atoms with Crippen LogP contribution in [0.1, 0.15) is 22.3 Å². The molecule has 7 heteroatoms. The molecule has 1 atom stereocenters. The fraction of sp³-hybridized carbons (Fsp3) is 0.308. The first kappa shape index (κ1) is 14.3. The van der Waals surface area contributed by atoms with Crippen molar-refractivity contribution >= 4 is 23.2 Å². The first-order valence-corrected chi connectivity index (χ1v) is 6.74. The van der Waals surface area contributed by atoms with Gasteiger partial charge in [0.15, 0.2) is 10.8 Å². The summed E-state index contributed by atoms with van der Waals surface area (Å²) in [5.74, 6) is -0.877. The Labute approximate surface area is 119 Å². The molecule has 20 heavy (non-hydrogen) atoms. The number of aliphatic carboxylic acids is 1. The number of carbonyl (C=O) groups is 2. The van der Waals surface area contributed by atoms with Crippen LogP contribution < -0.4 is 0 Å². The lowest BCUT2D eigenvalue weighted by Crippen LogP contribution is -2.40. The third kappa shape index (κ3) is 2.57. The number of likely N-dealkylation sites (N-methyl/N-ethyl adjacent to an activating group) is 1. The second-order valence-corrected chi connectivity index (χ2v) is 5.53. The summed E-state index contributed by atoms with van der Waals surface area (Å²) in [5, 5.41) is 9.55. The number of furan rings is 1. The third-order valence-corrected chi connectivity index (χ3v) is 3.98. The predicted octanol–water partition coefficient (Wildman–Crippen LogP) is 2.26. The standard InChI is InChI=1S/C13H14N2O4S/c1-7(13(17)18)15(3)12(16)10-8(2)20-11(14-10)9-5-4-6-19-9/h4-7H,1-3H3,(H,17,18). The highest BCUT2D eigenvalue weighted by molar-refractivity contribution is 7.15. The van der Waals surface area contributed by atoms with Crippen LogP contribution in [-0.2, 0) is 4.79 Å². The molecule has 1 N–H and O–H groups in total. The number of carboxylic acids is 1. The van der Waals surface area contributed by atoms with Crippen LogP contribution in [0.5, 0.6) is 0 Å². The van der Waals surface area contributed by atoms with Gasteiger partial charge in [-0.3, -0.25) is 4.79 Å². The molecule has 0 aromatic carbocycles. The Bertz CT molecular complexity index is 633. The summed E-state index contributed by atoms with van der Waals surface area (Å²) in [6.45, 7) is 3.23. The molecular formula is C13H14N2O4S. The lowest BCUT2D eigenvalue weighted by Gasteiger charge is -2.20. The fourth-order valence-electron chi connectivity index (χ4n) is 1.61. The maximum absolute atomic E-state index is 12.3. The van der Waals surface area contributed by atoms with E-state index in [1.54, 1.807) is 19.1 Å². The average molecular weight is 294 g/mol. The summed E-state index contributed by atoms with van der Waals surface area (Å²) in [7, 11) is 1.45. The van der Waals surface area contributed by atoms with Gasteiger partial charge < -0.3 is 14.4 Å². The molecule has 1 unspecified atom stereocenters. The summed E-state index contributed by atoms with van der Waals surface area (Å²) in [6.07, 6.45) is 1.53. The Balaban J connectivity index is 2.29. The molecule has 0 aliphatic rings. The first-order valence-electron chi connectivity index (χ1n) is 5.93. The van der Waals surface area contributed by atoms with E-state index in [-0.39, 0.29) is 5.69 Å². The number of nitrogens with zero attached hydrogens (tertiary/aromatic N) is 2. The molecule has 0 aliphatic heterocycles. The van der Waals surface area contributed by atoms with Crippen molar-refractivity contribution in [2.75, 3.05) is 7.05 Å². The number of rotatable bonds is 4. The van der Waals surface area contributed by atoms with Crippen LogP contribution in [0.2, 0.25) is 0 Å². The van der Waals surface area contributed by atoms with Crippen LogP contribution >= 0.6 is 11.3 Å². The zero-order valence-corrected chi connectivity index (χ0v) is 12.1. The molecule has 0 aliphatic carbocycles. The molecule has 2 heterocycles. The van der Waals surface area contributed by atoms with Gasteiger partial charge in [-0.2, -0.15) is 0 Å². The number of amides is 1. The van der Waals surface area contributed by atoms with Crippen LogP contribution in [0.4, 0.5) is 0 Å². The van der Waals surface area contributed by atoms with Gasteiger partial charge in [0, 0.05) is 11.9 Å². The minimum atomic E-state index is -1.06. The number of aryl methyl sites for hydroxylation is 1. The van der Waals surface area contributed by atoms with E-state index >= 15 is 0 Å². The maximum Gasteiger partial charge on any atom is 0.326 e. The topological polar surface area (TPSA) is 83.6 Å². The number of carboxylic acid groups (broad SMARTS) is 1. The van der Waals surface area contributed by atoms with Crippen LogP contribution in [0.25, 0.3) is 10.8 Å². The Morgan fingerprint density at radius 3 is 2.75 bits per heavy atom. The number of carbonyl (C=O) groups excluding carboxylic acids is 1. The molecule has 0 saturated heterocycles. The number of aromatic nitrogens is 1. The van der Waals surface area contributed by atoms with Crippen molar-refractivity contribution in [2.45, 2.75) is 19.9 Å². The molecular weight excluding hydrogens is 280 g/mol. The summed E-state index contributed by atoms with van der Waals surface area (Å²) >= 11 is 1.34. The minimum absolute atomic E-state index is 0.261. The van der Waals surface area contributed by atoms with Crippen molar-refractivity contribution in [3.8, 4) is 10.8 Å². The van der Waals surface area contributed by atoms with E-state index in [1.165, 1.54) is 31.6 Å². The van der Waals surface area contributed by atoms with Crippen molar-refractivity contribution in [3.05, 3.63) is 29.0 Å². The second kappa shape index (κ2) is 5.46. The highest BCUT2D eigenvalue weighted by atomic mass is 32.1. The van der Waals surface area contributed by atoms with Crippen LogP contribution in [0, 0.1) is 6.92 Å². The highest BCUT2D eigenvalue weighted by Crippen LogP contribution is 2.28. The van der Waals surface area contributed by atoms with Gasteiger partial charge in [-0.05, 0) is 26.0 Å². The minimum Gasteiger partial charge on any atom is -0.480 e. The highest BCUT2D eigenvalue weighted by Gasteiger charge is 2.26. The molecule has 2 aromatic heterocycles. The summed E-state index contributed by atoms with van der Waals surface area (Å²) in [5.41, 5.74) is 0.261. The van der Waals surface area contributed by atoms with Crippen molar-refractivity contribution < 1.29 is 19.1 Å². The maximum atomic E-state index is 12.3. The largest absolute Gasteiger partial charge is 0.480 e. The van der Waals surface area contributed by atoms with Crippen molar-refractivity contribution in [2.24, 2.45) is 0 Å². The van der Waals surface area contributed by atoms with E-state index in [1.807, 2.05) is 0 Å². The van der Waals surface area contributed by atoms with E-state index in [0.29, 0.717) is 10.8 Å². The normalized spacial score (nSPS) is 12.2. The Hall–Kier alpha value is -2.15. The van der Waals surface area contributed by atoms with E-state index in [4.69, 9.17) is 9.52 Å². The summed E-state index contributed by atoms with van der Waals surface area (Å²) < 4.78 is 5.24. The van der Waals surface area contributed by atoms with Crippen molar-refractivity contribution in [3.63, 3.8) is 0 Å². The van der Waals surface area contributed by atoms with E-state index in [2.05, 4.69) is 4.98 Å². The molecule has 106 valence electrons. The zero-order chi connectivity index (χ0) is 14.9. The molecule has 0 bridgehead atoms. The number of hydrogen-bond acceptors (Lipinski definition) is 5. The van der Waals surface area contributed by atoms with Crippen molar-refractivity contribution in [1.29, 1.82) is 0 Å². The van der Waals surface area contributed by atoms with E-state index in [9.17, 15) is 9.59 Å². The molecule has 6 nitrogen and oxygen atoms in total. The van der Waals surface area contributed by atoms with Gasteiger partial charge in [0.2, 0.25) is 0 Å². The molecule has 2 rings (SSSR count). The predicted molar refractivity (Wildman–Crippen MR) is 73.7 cm³/mol. The fourth-order valence-corrected chi connectivity index (χ4v) is 2.48. The Kier molecular flexibility index (Phi) is 3.89. The number of thiazole rings is 1. The smallest absolute Gasteiger partial charge is 0.326 e. The molecule has 0 fully saturated rings. The van der Waals surface area contributed by atoms with E-state index in [0.717, 1.165) is 9.78 Å². The van der Waals surface area contributed by atoms with Crippen LogP contribution in [0.3, 0.4) is 0 Å². The van der Waals surface area contributed by atoms with Gasteiger partial charge >= 0.3 is 5.97 Å². The molecule has 0 saturated carbocycles. The molecule has 1 amide bonds. The second-order valence-electron chi connectivity index (χ2n) is 4.33. The molecule has 2 aromatic rings. The monoisotopic (exact) mass is 294 g/mol. The Morgan fingerprint density at radius 1 is 1.50 bits per heavy atom. The summed E-state index contributed by atoms with van der Waals surface area (Å²) in [6, 6.07) is 2.60. The quantitative estimate of drug-likeness (QED) is 0.935. The Morgan fingerprint density at radius 2 is 2.20 bits per heavy atom. The van der Waals surface area contributed by atoms with Gasteiger partial charge in [-0.25, -0.2) is 9.78 Å². The zero-order valence-electron chi connectivity index (χ0n) is 11.3. The molecule has 0 radical (unpaired) electrons. The van der Waals surface area contributed by atoms with Gasteiger partial charge in [0.25, 0.3) is 5.91 Å². The van der Waals surface area contributed by atoms with Gasteiger partial charge in [0.05, 0.1) is 6.26 Å². The molecule has 0 spiro atoms. The van der Waals surface area contributed by atoms with Crippen LogP contribution in [0.15, 0.2) is 22.8 Å². The number of hydrogen-bond donors (Lipinski definition) is 1. The lowest BCUT2D eigenvalue weighted by atomic mass is 10.2. The lowest BCUT2D eigenvalue weighted by molar-refractivity contribution is -0.141. The SMILES string of the molecule is Cc1sc(-c2ccco2)nc1C(=O)N(C)C(C)C(=O)O. The average Bonchev–Trinajstić information content (AvgIpc) is 3.04. The van der Waals surface area contributed by atoms with Gasteiger partial charge in [-0.15, -0.1) is 11.3 Å².